The van der Waals surface area contributed by atoms with E-state index in [-0.39, 0.29) is 12.4 Å². The zero-order valence-electron chi connectivity index (χ0n) is 15.9. The Hall–Kier alpha value is -1.26. The van der Waals surface area contributed by atoms with Gasteiger partial charge in [-0.25, -0.2) is 0 Å². The number of fused-ring (bicyclic) bond motifs is 1. The van der Waals surface area contributed by atoms with Gasteiger partial charge in [0.05, 0.1) is 11.7 Å². The number of aromatic amines is 1. The number of benzene rings is 1. The zero-order chi connectivity index (χ0) is 17.2. The predicted molar refractivity (Wildman–Crippen MR) is 107 cm³/mol. The van der Waals surface area contributed by atoms with Crippen LogP contribution in [-0.2, 0) is 0 Å². The largest absolute Gasteiger partial charge is 0.490 e. The average molecular weight is 366 g/mol. The van der Waals surface area contributed by atoms with E-state index in [2.05, 4.69) is 55.3 Å². The third kappa shape index (κ3) is 5.35. The summed E-state index contributed by atoms with van der Waals surface area (Å²) >= 11 is 0. The van der Waals surface area contributed by atoms with Gasteiger partial charge < -0.3 is 10.1 Å². The minimum Gasteiger partial charge on any atom is -0.490 e. The van der Waals surface area contributed by atoms with Crippen LogP contribution in [0, 0.1) is 12.3 Å². The number of nitrogens with one attached hydrogen (secondary N) is 2. The Labute approximate surface area is 157 Å². The van der Waals surface area contributed by atoms with Crippen LogP contribution in [0.1, 0.15) is 58.4 Å². The Kier molecular flexibility index (Phi) is 6.75. The molecular formula is C20H32ClN3O. The number of H-pyrrole nitrogens is 1. The van der Waals surface area contributed by atoms with Crippen molar-refractivity contribution in [3.05, 3.63) is 23.9 Å². The number of hydrogen-bond acceptors (Lipinski definition) is 3. The summed E-state index contributed by atoms with van der Waals surface area (Å²) in [7, 11) is 0. The van der Waals surface area contributed by atoms with Gasteiger partial charge in [-0.2, -0.15) is 5.10 Å². The summed E-state index contributed by atoms with van der Waals surface area (Å²) in [4.78, 5) is 0. The molecule has 1 saturated carbocycles. The van der Waals surface area contributed by atoms with Crippen LogP contribution in [0.25, 0.3) is 10.9 Å². The fourth-order valence-electron chi connectivity index (χ4n) is 3.53. The zero-order valence-corrected chi connectivity index (χ0v) is 16.7. The van der Waals surface area contributed by atoms with Crippen LogP contribution in [0.3, 0.4) is 0 Å². The lowest BCUT2D eigenvalue weighted by atomic mass is 9.90. The van der Waals surface area contributed by atoms with E-state index in [4.69, 9.17) is 4.74 Å². The second-order valence-electron chi connectivity index (χ2n) is 8.39. The Morgan fingerprint density at radius 2 is 2.08 bits per heavy atom. The maximum absolute atomic E-state index is 6.36. The Morgan fingerprint density at radius 3 is 2.84 bits per heavy atom. The highest BCUT2D eigenvalue weighted by Crippen LogP contribution is 2.30. The molecule has 1 aromatic carbocycles. The standard InChI is InChI=1S/C20H31N3O.ClH/c1-14-17-13-22-23-18(17)8-9-19(14)24-16-7-5-6-15(12-16)21-11-10-20(2,3)4;/h8-9,13,15-16,21H,5-7,10-12H2,1-4H3,(H,22,23);1H. The molecule has 5 heteroatoms. The monoisotopic (exact) mass is 365 g/mol. The lowest BCUT2D eigenvalue weighted by molar-refractivity contribution is 0.133. The van der Waals surface area contributed by atoms with Gasteiger partial charge in [0.2, 0.25) is 0 Å². The second kappa shape index (κ2) is 8.41. The van der Waals surface area contributed by atoms with Crippen LogP contribution < -0.4 is 10.1 Å². The quantitative estimate of drug-likeness (QED) is 0.783. The fraction of sp³-hybridized carbons (Fsp3) is 0.650. The molecule has 3 rings (SSSR count). The van der Waals surface area contributed by atoms with E-state index < -0.39 is 0 Å². The van der Waals surface area contributed by atoms with Crippen molar-refractivity contribution in [2.24, 2.45) is 5.41 Å². The number of hydrogen-bond donors (Lipinski definition) is 2. The first kappa shape index (κ1) is 20.1. The van der Waals surface area contributed by atoms with E-state index in [1.54, 1.807) is 0 Å². The first-order valence-corrected chi connectivity index (χ1v) is 9.25. The van der Waals surface area contributed by atoms with Crippen molar-refractivity contribution in [1.29, 1.82) is 0 Å². The molecule has 2 aromatic rings. The highest BCUT2D eigenvalue weighted by atomic mass is 35.5. The highest BCUT2D eigenvalue weighted by Gasteiger charge is 2.24. The second-order valence-corrected chi connectivity index (χ2v) is 8.39. The smallest absolute Gasteiger partial charge is 0.123 e. The van der Waals surface area contributed by atoms with Crippen molar-refractivity contribution >= 4 is 23.3 Å². The van der Waals surface area contributed by atoms with Gasteiger partial charge in [-0.1, -0.05) is 20.8 Å². The Bertz CT molecular complexity index is 677. The SMILES string of the molecule is Cc1c(OC2CCCC(NCCC(C)(C)C)C2)ccc2[nH]ncc12.Cl. The molecule has 0 radical (unpaired) electrons. The molecule has 1 aliphatic carbocycles. The summed E-state index contributed by atoms with van der Waals surface area (Å²) in [5.41, 5.74) is 2.66. The van der Waals surface area contributed by atoms with Gasteiger partial charge in [0.15, 0.2) is 0 Å². The average Bonchev–Trinajstić information content (AvgIpc) is 2.99. The molecule has 1 aliphatic rings. The predicted octanol–water partition coefficient (Wildman–Crippen LogP) is 5.01. The summed E-state index contributed by atoms with van der Waals surface area (Å²) in [6.07, 6.45) is 8.18. The van der Waals surface area contributed by atoms with Gasteiger partial charge in [0.25, 0.3) is 0 Å². The number of rotatable bonds is 5. The van der Waals surface area contributed by atoms with E-state index in [0.717, 1.165) is 36.0 Å². The minimum atomic E-state index is 0. The Balaban J connectivity index is 0.00000225. The van der Waals surface area contributed by atoms with Crippen molar-refractivity contribution in [2.45, 2.75) is 71.9 Å². The van der Waals surface area contributed by atoms with E-state index in [1.807, 2.05) is 6.20 Å². The molecule has 0 aliphatic heterocycles. The van der Waals surface area contributed by atoms with E-state index >= 15 is 0 Å². The molecule has 2 N–H and O–H groups in total. The van der Waals surface area contributed by atoms with Gasteiger partial charge in [-0.05, 0) is 63.1 Å². The van der Waals surface area contributed by atoms with Gasteiger partial charge in [-0.15, -0.1) is 12.4 Å². The van der Waals surface area contributed by atoms with Crippen molar-refractivity contribution < 1.29 is 4.74 Å². The van der Waals surface area contributed by atoms with E-state index in [0.29, 0.717) is 17.6 Å². The molecule has 4 nitrogen and oxygen atoms in total. The van der Waals surface area contributed by atoms with Gasteiger partial charge >= 0.3 is 0 Å². The molecule has 25 heavy (non-hydrogen) atoms. The van der Waals surface area contributed by atoms with Crippen molar-refractivity contribution in [3.8, 4) is 5.75 Å². The van der Waals surface area contributed by atoms with Crippen LogP contribution >= 0.6 is 12.4 Å². The lowest BCUT2D eigenvalue weighted by Crippen LogP contribution is -2.39. The number of ether oxygens (including phenoxy) is 1. The maximum Gasteiger partial charge on any atom is 0.123 e. The van der Waals surface area contributed by atoms with Crippen LogP contribution in [-0.4, -0.2) is 28.9 Å². The topological polar surface area (TPSA) is 49.9 Å². The first-order valence-electron chi connectivity index (χ1n) is 9.25. The lowest BCUT2D eigenvalue weighted by Gasteiger charge is -2.31. The summed E-state index contributed by atoms with van der Waals surface area (Å²) < 4.78 is 6.36. The van der Waals surface area contributed by atoms with Crippen LogP contribution in [0.15, 0.2) is 18.3 Å². The third-order valence-electron chi connectivity index (χ3n) is 5.07. The molecule has 0 saturated heterocycles. The van der Waals surface area contributed by atoms with Crippen molar-refractivity contribution in [2.75, 3.05) is 6.54 Å². The summed E-state index contributed by atoms with van der Waals surface area (Å²) in [5, 5.41) is 12.0. The molecule has 0 spiro atoms. The number of aryl methyl sites for hydroxylation is 1. The van der Waals surface area contributed by atoms with Crippen molar-refractivity contribution in [1.82, 2.24) is 15.5 Å². The third-order valence-corrected chi connectivity index (χ3v) is 5.07. The molecule has 0 amide bonds. The molecule has 0 bridgehead atoms. The van der Waals surface area contributed by atoms with E-state index in [1.165, 1.54) is 24.8 Å². The fourth-order valence-corrected chi connectivity index (χ4v) is 3.53. The molecule has 140 valence electrons. The van der Waals surface area contributed by atoms with Gasteiger partial charge in [0, 0.05) is 17.0 Å². The molecule has 2 atom stereocenters. The summed E-state index contributed by atoms with van der Waals surface area (Å²) in [6, 6.07) is 4.73. The van der Waals surface area contributed by atoms with Gasteiger partial charge in [0.1, 0.15) is 11.9 Å². The van der Waals surface area contributed by atoms with Crippen LogP contribution in [0.5, 0.6) is 5.75 Å². The van der Waals surface area contributed by atoms with Crippen LogP contribution in [0.2, 0.25) is 0 Å². The first-order chi connectivity index (χ1) is 11.4. The summed E-state index contributed by atoms with van der Waals surface area (Å²) in [6.45, 7) is 10.1. The minimum absolute atomic E-state index is 0. The van der Waals surface area contributed by atoms with Crippen molar-refractivity contribution in [3.63, 3.8) is 0 Å². The molecular weight excluding hydrogens is 334 g/mol. The normalized spacial score (nSPS) is 21.1. The summed E-state index contributed by atoms with van der Waals surface area (Å²) in [5.74, 6) is 1.00. The molecule has 2 unspecified atom stereocenters. The number of aromatic nitrogens is 2. The van der Waals surface area contributed by atoms with Crippen LogP contribution in [0.4, 0.5) is 0 Å². The number of halogens is 1. The molecule has 1 heterocycles. The highest BCUT2D eigenvalue weighted by molar-refractivity contribution is 5.85. The molecule has 1 aromatic heterocycles. The Morgan fingerprint density at radius 1 is 1.28 bits per heavy atom. The number of nitrogens with zero attached hydrogens (tertiary/aromatic N) is 1. The molecule has 1 fully saturated rings. The maximum atomic E-state index is 6.36. The van der Waals surface area contributed by atoms with E-state index in [9.17, 15) is 0 Å². The van der Waals surface area contributed by atoms with Gasteiger partial charge in [-0.3, -0.25) is 5.10 Å².